The van der Waals surface area contributed by atoms with Crippen molar-refractivity contribution in [2.45, 2.75) is 52.2 Å². The van der Waals surface area contributed by atoms with Crippen molar-refractivity contribution in [2.24, 2.45) is 0 Å². The highest BCUT2D eigenvalue weighted by atomic mass is 16.5. The normalized spacial score (nSPS) is 16.7. The van der Waals surface area contributed by atoms with Gasteiger partial charge in [0.15, 0.2) is 0 Å². The minimum Gasteiger partial charge on any atom is -0.369 e. The van der Waals surface area contributed by atoms with Crippen LogP contribution in [0.1, 0.15) is 40.0 Å². The average molecular weight is 332 g/mol. The lowest BCUT2D eigenvalue weighted by Crippen LogP contribution is -2.50. The van der Waals surface area contributed by atoms with Crippen molar-refractivity contribution in [3.05, 3.63) is 30.3 Å². The van der Waals surface area contributed by atoms with Gasteiger partial charge in [-0.05, 0) is 38.8 Å². The van der Waals surface area contributed by atoms with Gasteiger partial charge in [-0.15, -0.1) is 0 Å². The van der Waals surface area contributed by atoms with E-state index < -0.39 is 6.10 Å². The number of likely N-dealkylation sites (tertiary alicyclic amines) is 1. The van der Waals surface area contributed by atoms with Gasteiger partial charge < -0.3 is 14.5 Å². The molecule has 0 N–H and O–H groups in total. The van der Waals surface area contributed by atoms with Crippen LogP contribution in [-0.4, -0.2) is 48.6 Å². The van der Waals surface area contributed by atoms with Crippen LogP contribution in [0.4, 0.5) is 5.69 Å². The molecule has 0 spiro atoms. The van der Waals surface area contributed by atoms with E-state index in [2.05, 4.69) is 0 Å². The van der Waals surface area contributed by atoms with Crippen LogP contribution < -0.4 is 4.90 Å². The SMILES string of the molecule is CCOC(C)C(=O)N1CCC(N(C(=O)CC)c2ccccc2)CC1. The molecular formula is C19H28N2O3. The summed E-state index contributed by atoms with van der Waals surface area (Å²) in [6.07, 6.45) is 1.68. The van der Waals surface area contributed by atoms with Crippen LogP contribution in [0.3, 0.4) is 0 Å². The Bertz CT molecular complexity index is 539. The lowest BCUT2D eigenvalue weighted by Gasteiger charge is -2.39. The predicted octanol–water partition coefficient (Wildman–Crippen LogP) is 2.85. The maximum absolute atomic E-state index is 12.4. The van der Waals surface area contributed by atoms with Crippen LogP contribution in [0.2, 0.25) is 0 Å². The Kier molecular flexibility index (Phi) is 6.79. The fourth-order valence-corrected chi connectivity index (χ4v) is 3.24. The van der Waals surface area contributed by atoms with E-state index in [1.807, 2.05) is 54.0 Å². The molecule has 1 aromatic rings. The number of piperidine rings is 1. The van der Waals surface area contributed by atoms with Gasteiger partial charge in [-0.3, -0.25) is 9.59 Å². The molecule has 0 bridgehead atoms. The van der Waals surface area contributed by atoms with Gasteiger partial charge >= 0.3 is 0 Å². The molecule has 1 aliphatic heterocycles. The highest BCUT2D eigenvalue weighted by Crippen LogP contribution is 2.25. The van der Waals surface area contributed by atoms with E-state index in [0.717, 1.165) is 18.5 Å². The molecule has 1 atom stereocenters. The number of anilines is 1. The highest BCUT2D eigenvalue weighted by molar-refractivity contribution is 5.93. The number of hydrogen-bond acceptors (Lipinski definition) is 3. The van der Waals surface area contributed by atoms with E-state index in [1.165, 1.54) is 0 Å². The quantitative estimate of drug-likeness (QED) is 0.805. The topological polar surface area (TPSA) is 49.9 Å². The molecule has 0 saturated carbocycles. The summed E-state index contributed by atoms with van der Waals surface area (Å²) in [5.41, 5.74) is 0.941. The summed E-state index contributed by atoms with van der Waals surface area (Å²) < 4.78 is 5.40. The first-order valence-electron chi connectivity index (χ1n) is 8.86. The second-order valence-electron chi connectivity index (χ2n) is 6.11. The summed E-state index contributed by atoms with van der Waals surface area (Å²) in [5.74, 6) is 0.178. The summed E-state index contributed by atoms with van der Waals surface area (Å²) in [6.45, 7) is 7.46. The number of carbonyl (C=O) groups is 2. The number of amides is 2. The standard InChI is InChI=1S/C19H28N2O3/c1-4-18(22)21(16-9-7-6-8-10-16)17-11-13-20(14-12-17)19(23)15(3)24-5-2/h6-10,15,17H,4-5,11-14H2,1-3H3. The van der Waals surface area contributed by atoms with Gasteiger partial charge in [0.2, 0.25) is 5.91 Å². The largest absolute Gasteiger partial charge is 0.369 e. The zero-order valence-corrected chi connectivity index (χ0v) is 14.9. The lowest BCUT2D eigenvalue weighted by molar-refractivity contribution is -0.143. The maximum Gasteiger partial charge on any atom is 0.251 e. The first kappa shape index (κ1) is 18.5. The Morgan fingerprint density at radius 2 is 1.83 bits per heavy atom. The Balaban J connectivity index is 2.03. The van der Waals surface area contributed by atoms with Gasteiger partial charge in [0, 0.05) is 37.8 Å². The van der Waals surface area contributed by atoms with Crippen LogP contribution in [0, 0.1) is 0 Å². The minimum atomic E-state index is -0.394. The molecule has 1 aromatic carbocycles. The molecule has 1 heterocycles. The van der Waals surface area contributed by atoms with Gasteiger partial charge in [0.05, 0.1) is 0 Å². The monoisotopic (exact) mass is 332 g/mol. The molecular weight excluding hydrogens is 304 g/mol. The zero-order valence-electron chi connectivity index (χ0n) is 14.9. The molecule has 5 nitrogen and oxygen atoms in total. The first-order valence-corrected chi connectivity index (χ1v) is 8.86. The Morgan fingerprint density at radius 1 is 1.21 bits per heavy atom. The Hall–Kier alpha value is -1.88. The fourth-order valence-electron chi connectivity index (χ4n) is 3.24. The van der Waals surface area contributed by atoms with E-state index in [9.17, 15) is 9.59 Å². The van der Waals surface area contributed by atoms with Crippen molar-refractivity contribution in [3.8, 4) is 0 Å². The van der Waals surface area contributed by atoms with Crippen LogP contribution in [0.25, 0.3) is 0 Å². The summed E-state index contributed by atoms with van der Waals surface area (Å²) in [6, 6.07) is 9.95. The fraction of sp³-hybridized carbons (Fsp3) is 0.579. The van der Waals surface area contributed by atoms with Crippen molar-refractivity contribution in [3.63, 3.8) is 0 Å². The third-order valence-corrected chi connectivity index (χ3v) is 4.51. The molecule has 1 unspecified atom stereocenters. The molecule has 5 heteroatoms. The molecule has 1 fully saturated rings. The number of hydrogen-bond donors (Lipinski definition) is 0. The number of para-hydroxylation sites is 1. The molecule has 132 valence electrons. The summed E-state index contributed by atoms with van der Waals surface area (Å²) in [5, 5.41) is 0. The van der Waals surface area contributed by atoms with Crippen molar-refractivity contribution in [1.82, 2.24) is 4.90 Å². The molecule has 1 saturated heterocycles. The number of rotatable bonds is 6. The van der Waals surface area contributed by atoms with E-state index in [4.69, 9.17) is 4.74 Å². The van der Waals surface area contributed by atoms with Gasteiger partial charge in [0.25, 0.3) is 5.91 Å². The van der Waals surface area contributed by atoms with Crippen LogP contribution in [0.5, 0.6) is 0 Å². The minimum absolute atomic E-state index is 0.0448. The third-order valence-electron chi connectivity index (χ3n) is 4.51. The summed E-state index contributed by atoms with van der Waals surface area (Å²) in [4.78, 5) is 28.6. The maximum atomic E-state index is 12.4. The Morgan fingerprint density at radius 3 is 2.38 bits per heavy atom. The molecule has 0 aromatic heterocycles. The van der Waals surface area contributed by atoms with Gasteiger partial charge in [-0.25, -0.2) is 0 Å². The highest BCUT2D eigenvalue weighted by Gasteiger charge is 2.31. The number of nitrogens with zero attached hydrogens (tertiary/aromatic N) is 2. The van der Waals surface area contributed by atoms with Crippen molar-refractivity contribution in [1.29, 1.82) is 0 Å². The molecule has 0 radical (unpaired) electrons. The summed E-state index contributed by atoms with van der Waals surface area (Å²) in [7, 11) is 0. The number of benzene rings is 1. The van der Waals surface area contributed by atoms with E-state index in [1.54, 1.807) is 6.92 Å². The van der Waals surface area contributed by atoms with Gasteiger partial charge in [-0.1, -0.05) is 25.1 Å². The average Bonchev–Trinajstić information content (AvgIpc) is 2.63. The van der Waals surface area contributed by atoms with Crippen LogP contribution in [0.15, 0.2) is 30.3 Å². The molecule has 24 heavy (non-hydrogen) atoms. The Labute approximate surface area is 144 Å². The van der Waals surface area contributed by atoms with Crippen molar-refractivity contribution < 1.29 is 14.3 Å². The van der Waals surface area contributed by atoms with Crippen LogP contribution in [-0.2, 0) is 14.3 Å². The first-order chi connectivity index (χ1) is 11.6. The predicted molar refractivity (Wildman–Crippen MR) is 94.9 cm³/mol. The molecule has 2 rings (SSSR count). The second-order valence-corrected chi connectivity index (χ2v) is 6.11. The smallest absolute Gasteiger partial charge is 0.251 e. The van der Waals surface area contributed by atoms with Gasteiger partial charge in [-0.2, -0.15) is 0 Å². The van der Waals surface area contributed by atoms with E-state index in [-0.39, 0.29) is 17.9 Å². The molecule has 1 aliphatic rings. The second kappa shape index (κ2) is 8.83. The van der Waals surface area contributed by atoms with Crippen molar-refractivity contribution in [2.75, 3.05) is 24.6 Å². The number of carbonyl (C=O) groups excluding carboxylic acids is 2. The van der Waals surface area contributed by atoms with Gasteiger partial charge in [0.1, 0.15) is 6.10 Å². The summed E-state index contributed by atoms with van der Waals surface area (Å²) >= 11 is 0. The van der Waals surface area contributed by atoms with Crippen molar-refractivity contribution >= 4 is 17.5 Å². The zero-order chi connectivity index (χ0) is 17.5. The molecule has 2 amide bonds. The lowest BCUT2D eigenvalue weighted by atomic mass is 10.0. The van der Waals surface area contributed by atoms with E-state index in [0.29, 0.717) is 26.1 Å². The molecule has 0 aliphatic carbocycles. The van der Waals surface area contributed by atoms with E-state index >= 15 is 0 Å². The number of ether oxygens (including phenoxy) is 1. The van der Waals surface area contributed by atoms with Crippen LogP contribution >= 0.6 is 0 Å². The third kappa shape index (κ3) is 4.35.